The number of benzene rings is 1. The molecular weight excluding hydrogens is 309 g/mol. The molecule has 0 atom stereocenters. The number of alkyl halides is 1. The molecule has 2 heterocycles. The van der Waals surface area contributed by atoms with Gasteiger partial charge in [-0.05, 0) is 23.8 Å². The average molecular weight is 322 g/mol. The maximum atomic E-state index is 12.7. The standard InChI is InChI=1S/C14H13ClFN5O/c1-22-11-4-2-9(3-5-11)8-17-13-19-14-18-10(7-16)6-12(15)21(14)20-13/h2-6H,7-8H2,1H3,(H,17,20). The van der Waals surface area contributed by atoms with Crippen molar-refractivity contribution >= 4 is 23.3 Å². The first-order valence-corrected chi connectivity index (χ1v) is 6.92. The molecular formula is C14H13ClFN5O. The van der Waals surface area contributed by atoms with Crippen LogP contribution in [0.25, 0.3) is 5.78 Å². The molecule has 8 heteroatoms. The van der Waals surface area contributed by atoms with Crippen molar-refractivity contribution in [2.75, 3.05) is 12.4 Å². The Morgan fingerprint density at radius 1 is 1.27 bits per heavy atom. The summed E-state index contributed by atoms with van der Waals surface area (Å²) in [4.78, 5) is 8.21. The van der Waals surface area contributed by atoms with Crippen LogP contribution in [-0.2, 0) is 13.2 Å². The van der Waals surface area contributed by atoms with Crippen molar-refractivity contribution in [1.82, 2.24) is 19.6 Å². The van der Waals surface area contributed by atoms with Crippen LogP contribution >= 0.6 is 11.6 Å². The van der Waals surface area contributed by atoms with E-state index in [0.717, 1.165) is 11.3 Å². The Kier molecular flexibility index (Phi) is 4.06. The second-order valence-corrected chi connectivity index (χ2v) is 4.94. The fourth-order valence-corrected chi connectivity index (χ4v) is 2.19. The lowest BCUT2D eigenvalue weighted by molar-refractivity contribution is 0.414. The first-order valence-electron chi connectivity index (χ1n) is 6.54. The zero-order chi connectivity index (χ0) is 15.5. The number of fused-ring (bicyclic) bond motifs is 1. The normalized spacial score (nSPS) is 10.9. The number of methoxy groups -OCH3 is 1. The molecule has 0 bridgehead atoms. The number of ether oxygens (including phenoxy) is 1. The minimum Gasteiger partial charge on any atom is -0.497 e. The molecule has 3 rings (SSSR count). The SMILES string of the molecule is COc1ccc(CNc2nc3nc(CF)cc(Cl)n3n2)cc1. The number of nitrogens with one attached hydrogen (secondary N) is 1. The van der Waals surface area contributed by atoms with Crippen LogP contribution in [0.3, 0.4) is 0 Å². The summed E-state index contributed by atoms with van der Waals surface area (Å²) >= 11 is 6.02. The van der Waals surface area contributed by atoms with E-state index in [2.05, 4.69) is 20.4 Å². The molecule has 0 fully saturated rings. The van der Waals surface area contributed by atoms with Crippen molar-refractivity contribution in [1.29, 1.82) is 0 Å². The van der Waals surface area contributed by atoms with Gasteiger partial charge in [-0.3, -0.25) is 0 Å². The molecule has 6 nitrogen and oxygen atoms in total. The van der Waals surface area contributed by atoms with Gasteiger partial charge in [-0.15, -0.1) is 5.10 Å². The molecule has 0 radical (unpaired) electrons. The van der Waals surface area contributed by atoms with Crippen molar-refractivity contribution < 1.29 is 9.13 Å². The zero-order valence-corrected chi connectivity index (χ0v) is 12.5. The van der Waals surface area contributed by atoms with Crippen LogP contribution in [-0.4, -0.2) is 26.7 Å². The monoisotopic (exact) mass is 321 g/mol. The number of aromatic nitrogens is 4. The lowest BCUT2D eigenvalue weighted by Gasteiger charge is -2.03. The third-order valence-electron chi connectivity index (χ3n) is 3.07. The number of halogens is 2. The van der Waals surface area contributed by atoms with Crippen molar-refractivity contribution in [2.45, 2.75) is 13.2 Å². The van der Waals surface area contributed by atoms with E-state index in [1.165, 1.54) is 10.6 Å². The summed E-state index contributed by atoms with van der Waals surface area (Å²) in [5, 5.41) is 7.53. The maximum absolute atomic E-state index is 12.7. The van der Waals surface area contributed by atoms with Crippen LogP contribution < -0.4 is 10.1 Å². The molecule has 0 saturated heterocycles. The van der Waals surface area contributed by atoms with Crippen molar-refractivity contribution in [3.05, 3.63) is 46.7 Å². The number of anilines is 1. The number of nitrogens with zero attached hydrogens (tertiary/aromatic N) is 4. The van der Waals surface area contributed by atoms with Gasteiger partial charge in [0.05, 0.1) is 12.8 Å². The van der Waals surface area contributed by atoms with Gasteiger partial charge in [0.1, 0.15) is 17.6 Å². The molecule has 0 amide bonds. The molecule has 0 aliphatic rings. The fourth-order valence-electron chi connectivity index (χ4n) is 1.95. The highest BCUT2D eigenvalue weighted by molar-refractivity contribution is 6.29. The maximum Gasteiger partial charge on any atom is 0.255 e. The van der Waals surface area contributed by atoms with Gasteiger partial charge < -0.3 is 10.1 Å². The van der Waals surface area contributed by atoms with E-state index in [0.29, 0.717) is 12.5 Å². The van der Waals surface area contributed by atoms with Crippen LogP contribution in [0.4, 0.5) is 10.3 Å². The second kappa shape index (κ2) is 6.15. The van der Waals surface area contributed by atoms with Gasteiger partial charge in [-0.1, -0.05) is 23.7 Å². The third kappa shape index (κ3) is 2.94. The van der Waals surface area contributed by atoms with Crippen molar-refractivity contribution in [3.63, 3.8) is 0 Å². The van der Waals surface area contributed by atoms with Crippen molar-refractivity contribution in [3.8, 4) is 5.75 Å². The Morgan fingerprint density at radius 3 is 2.73 bits per heavy atom. The van der Waals surface area contributed by atoms with E-state index in [4.69, 9.17) is 16.3 Å². The Balaban J connectivity index is 1.77. The van der Waals surface area contributed by atoms with Gasteiger partial charge in [0.15, 0.2) is 0 Å². The van der Waals surface area contributed by atoms with E-state index >= 15 is 0 Å². The van der Waals surface area contributed by atoms with Crippen LogP contribution in [0.5, 0.6) is 5.75 Å². The number of hydrogen-bond donors (Lipinski definition) is 1. The highest BCUT2D eigenvalue weighted by atomic mass is 35.5. The Hall–Kier alpha value is -2.41. The molecule has 114 valence electrons. The first kappa shape index (κ1) is 14.5. The molecule has 0 saturated carbocycles. The summed E-state index contributed by atoms with van der Waals surface area (Å²) in [6.07, 6.45) is 0. The highest BCUT2D eigenvalue weighted by Crippen LogP contribution is 2.15. The van der Waals surface area contributed by atoms with Gasteiger partial charge in [0.2, 0.25) is 5.95 Å². The van der Waals surface area contributed by atoms with Crippen LogP contribution in [0.2, 0.25) is 5.15 Å². The molecule has 1 aromatic carbocycles. The van der Waals surface area contributed by atoms with Gasteiger partial charge >= 0.3 is 0 Å². The van der Waals surface area contributed by atoms with Gasteiger partial charge in [0.25, 0.3) is 5.78 Å². The Bertz CT molecular complexity index is 790. The molecule has 2 aromatic heterocycles. The minimum absolute atomic E-state index is 0.228. The lowest BCUT2D eigenvalue weighted by atomic mass is 10.2. The molecule has 22 heavy (non-hydrogen) atoms. The molecule has 0 aliphatic carbocycles. The highest BCUT2D eigenvalue weighted by Gasteiger charge is 2.09. The molecule has 0 unspecified atom stereocenters. The fraction of sp³-hybridized carbons (Fsp3) is 0.214. The molecule has 0 aliphatic heterocycles. The average Bonchev–Trinajstić information content (AvgIpc) is 2.97. The zero-order valence-electron chi connectivity index (χ0n) is 11.8. The minimum atomic E-state index is -0.697. The van der Waals surface area contributed by atoms with Gasteiger partial charge in [0, 0.05) is 6.54 Å². The topological polar surface area (TPSA) is 64.3 Å². The van der Waals surface area contributed by atoms with Gasteiger partial charge in [-0.25, -0.2) is 9.37 Å². The van der Waals surface area contributed by atoms with Gasteiger partial charge in [-0.2, -0.15) is 9.50 Å². The predicted octanol–water partition coefficient (Wildman–Crippen LogP) is 2.87. The smallest absolute Gasteiger partial charge is 0.255 e. The van der Waals surface area contributed by atoms with Crippen LogP contribution in [0.1, 0.15) is 11.3 Å². The first-order chi connectivity index (χ1) is 10.7. The summed E-state index contributed by atoms with van der Waals surface area (Å²) in [5.74, 6) is 1.43. The number of hydrogen-bond acceptors (Lipinski definition) is 5. The second-order valence-electron chi connectivity index (χ2n) is 4.55. The Morgan fingerprint density at radius 2 is 2.05 bits per heavy atom. The van der Waals surface area contributed by atoms with E-state index in [-0.39, 0.29) is 16.6 Å². The molecule has 0 spiro atoms. The summed E-state index contributed by atoms with van der Waals surface area (Å²) in [6, 6.07) is 9.05. The van der Waals surface area contributed by atoms with Crippen LogP contribution in [0, 0.1) is 0 Å². The van der Waals surface area contributed by atoms with E-state index in [9.17, 15) is 4.39 Å². The molecule has 3 aromatic rings. The third-order valence-corrected chi connectivity index (χ3v) is 3.34. The van der Waals surface area contributed by atoms with E-state index < -0.39 is 6.67 Å². The largest absolute Gasteiger partial charge is 0.497 e. The predicted molar refractivity (Wildman–Crippen MR) is 80.9 cm³/mol. The summed E-state index contributed by atoms with van der Waals surface area (Å²) in [5.41, 5.74) is 1.27. The molecule has 1 N–H and O–H groups in total. The van der Waals surface area contributed by atoms with Crippen LogP contribution in [0.15, 0.2) is 30.3 Å². The van der Waals surface area contributed by atoms with Crippen molar-refractivity contribution in [2.24, 2.45) is 0 Å². The van der Waals surface area contributed by atoms with E-state index in [1.807, 2.05) is 24.3 Å². The van der Waals surface area contributed by atoms with E-state index in [1.54, 1.807) is 7.11 Å². The summed E-state index contributed by atoms with van der Waals surface area (Å²) in [7, 11) is 1.62. The summed E-state index contributed by atoms with van der Waals surface area (Å²) < 4.78 is 19.1. The quantitative estimate of drug-likeness (QED) is 0.732. The lowest BCUT2D eigenvalue weighted by Crippen LogP contribution is -2.01. The number of rotatable bonds is 5. The Labute approximate surface area is 130 Å². The summed E-state index contributed by atoms with van der Waals surface area (Å²) in [6.45, 7) is -0.161.